The summed E-state index contributed by atoms with van der Waals surface area (Å²) in [5, 5.41) is 2.98. The second kappa shape index (κ2) is 6.80. The number of urea groups is 1. The molecule has 0 bridgehead atoms. The van der Waals surface area contributed by atoms with Gasteiger partial charge >= 0.3 is 6.03 Å². The molecule has 1 aliphatic rings. The van der Waals surface area contributed by atoms with Crippen LogP contribution in [0.15, 0.2) is 12.1 Å². The van der Waals surface area contributed by atoms with Crippen LogP contribution in [0.3, 0.4) is 0 Å². The molecule has 0 aromatic heterocycles. The molecule has 1 unspecified atom stereocenters. The Morgan fingerprint density at radius 2 is 2.05 bits per heavy atom. The molecule has 2 amide bonds. The molecule has 1 heterocycles. The lowest BCUT2D eigenvalue weighted by Gasteiger charge is -2.35. The number of ether oxygens (including phenoxy) is 1. The fourth-order valence-corrected chi connectivity index (χ4v) is 3.05. The van der Waals surface area contributed by atoms with E-state index in [0.717, 1.165) is 48.4 Å². The van der Waals surface area contributed by atoms with Gasteiger partial charge in [-0.3, -0.25) is 0 Å². The molecule has 3 N–H and O–H groups in total. The van der Waals surface area contributed by atoms with Gasteiger partial charge in [0.15, 0.2) is 0 Å². The number of benzene rings is 1. The first-order chi connectivity index (χ1) is 10.1. The van der Waals surface area contributed by atoms with E-state index in [-0.39, 0.29) is 12.1 Å². The van der Waals surface area contributed by atoms with Crippen molar-refractivity contribution >= 4 is 11.7 Å². The zero-order valence-corrected chi connectivity index (χ0v) is 13.1. The van der Waals surface area contributed by atoms with Crippen LogP contribution < -0.4 is 15.8 Å². The van der Waals surface area contributed by atoms with Gasteiger partial charge in [-0.2, -0.15) is 0 Å². The van der Waals surface area contributed by atoms with E-state index in [1.165, 1.54) is 0 Å². The van der Waals surface area contributed by atoms with E-state index >= 15 is 0 Å². The number of nitrogens with two attached hydrogens (primary N) is 1. The van der Waals surface area contributed by atoms with E-state index in [2.05, 4.69) is 5.32 Å². The Labute approximate surface area is 126 Å². The summed E-state index contributed by atoms with van der Waals surface area (Å²) >= 11 is 0. The SMILES string of the molecule is COc1c(C)cc(NC(=O)N2CCCCC2CN)cc1C. The molecule has 1 atom stereocenters. The van der Waals surface area contributed by atoms with Gasteiger partial charge in [0.1, 0.15) is 5.75 Å². The van der Waals surface area contributed by atoms with Crippen molar-refractivity contribution in [2.75, 3.05) is 25.5 Å². The van der Waals surface area contributed by atoms with Crippen molar-refractivity contribution in [2.45, 2.75) is 39.2 Å². The third kappa shape index (κ3) is 3.47. The maximum absolute atomic E-state index is 12.4. The number of nitrogens with one attached hydrogen (secondary N) is 1. The third-order valence-electron chi connectivity index (χ3n) is 4.08. The molecule has 1 aromatic carbocycles. The van der Waals surface area contributed by atoms with Crippen molar-refractivity contribution in [2.24, 2.45) is 5.73 Å². The average Bonchev–Trinajstić information content (AvgIpc) is 2.46. The fourth-order valence-electron chi connectivity index (χ4n) is 3.05. The fraction of sp³-hybridized carbons (Fsp3) is 0.562. The second-order valence-electron chi connectivity index (χ2n) is 5.65. The van der Waals surface area contributed by atoms with Crippen molar-refractivity contribution in [3.8, 4) is 5.75 Å². The molecule has 0 saturated carbocycles. The van der Waals surface area contributed by atoms with Crippen LogP contribution in [-0.4, -0.2) is 37.2 Å². The summed E-state index contributed by atoms with van der Waals surface area (Å²) in [5.41, 5.74) is 8.61. The normalized spacial score (nSPS) is 18.5. The quantitative estimate of drug-likeness (QED) is 0.899. The smallest absolute Gasteiger partial charge is 0.322 e. The number of aryl methyl sites for hydroxylation is 2. The third-order valence-corrected chi connectivity index (χ3v) is 4.08. The van der Waals surface area contributed by atoms with Crippen LogP contribution in [0.25, 0.3) is 0 Å². The van der Waals surface area contributed by atoms with Crippen LogP contribution in [0.1, 0.15) is 30.4 Å². The number of rotatable bonds is 3. The number of likely N-dealkylation sites (tertiary alicyclic amines) is 1. The number of anilines is 1. The van der Waals surface area contributed by atoms with E-state index in [0.29, 0.717) is 6.54 Å². The van der Waals surface area contributed by atoms with E-state index in [1.54, 1.807) is 7.11 Å². The molecule has 0 spiro atoms. The van der Waals surface area contributed by atoms with E-state index in [1.807, 2.05) is 30.9 Å². The molecular formula is C16H25N3O2. The summed E-state index contributed by atoms with van der Waals surface area (Å²) in [6, 6.07) is 3.96. The number of nitrogens with zero attached hydrogens (tertiary/aromatic N) is 1. The summed E-state index contributed by atoms with van der Waals surface area (Å²) < 4.78 is 5.35. The Balaban J connectivity index is 2.12. The summed E-state index contributed by atoms with van der Waals surface area (Å²) in [6.45, 7) is 5.26. The zero-order chi connectivity index (χ0) is 15.4. The van der Waals surface area contributed by atoms with Crippen molar-refractivity contribution < 1.29 is 9.53 Å². The van der Waals surface area contributed by atoms with Gasteiger partial charge in [-0.25, -0.2) is 4.79 Å². The highest BCUT2D eigenvalue weighted by atomic mass is 16.5. The van der Waals surface area contributed by atoms with Gasteiger partial charge < -0.3 is 20.7 Å². The molecular weight excluding hydrogens is 266 g/mol. The van der Waals surface area contributed by atoms with Gasteiger partial charge in [-0.15, -0.1) is 0 Å². The first kappa shape index (κ1) is 15.6. The minimum Gasteiger partial charge on any atom is -0.496 e. The lowest BCUT2D eigenvalue weighted by molar-refractivity contribution is 0.166. The minimum absolute atomic E-state index is 0.0610. The van der Waals surface area contributed by atoms with Crippen LogP contribution in [0.2, 0.25) is 0 Å². The van der Waals surface area contributed by atoms with E-state index in [4.69, 9.17) is 10.5 Å². The zero-order valence-electron chi connectivity index (χ0n) is 13.1. The monoisotopic (exact) mass is 291 g/mol. The molecule has 21 heavy (non-hydrogen) atoms. The van der Waals surface area contributed by atoms with Crippen molar-refractivity contribution in [1.82, 2.24) is 4.90 Å². The van der Waals surface area contributed by atoms with Gasteiger partial charge in [0.25, 0.3) is 0 Å². The molecule has 1 aliphatic heterocycles. The topological polar surface area (TPSA) is 67.6 Å². The first-order valence-electron chi connectivity index (χ1n) is 7.49. The highest BCUT2D eigenvalue weighted by Gasteiger charge is 2.25. The van der Waals surface area contributed by atoms with Crippen molar-refractivity contribution in [3.05, 3.63) is 23.3 Å². The molecule has 2 rings (SSSR count). The first-order valence-corrected chi connectivity index (χ1v) is 7.49. The number of carbonyl (C=O) groups is 1. The van der Waals surface area contributed by atoms with Crippen molar-refractivity contribution in [3.63, 3.8) is 0 Å². The Morgan fingerprint density at radius 1 is 1.38 bits per heavy atom. The van der Waals surface area contributed by atoms with Gasteiger partial charge in [0, 0.05) is 24.8 Å². The number of hydrogen-bond acceptors (Lipinski definition) is 3. The Morgan fingerprint density at radius 3 is 2.62 bits per heavy atom. The lowest BCUT2D eigenvalue weighted by Crippen LogP contribution is -2.49. The number of amides is 2. The van der Waals surface area contributed by atoms with Crippen molar-refractivity contribution in [1.29, 1.82) is 0 Å². The maximum Gasteiger partial charge on any atom is 0.322 e. The molecule has 0 aliphatic carbocycles. The number of piperidine rings is 1. The predicted molar refractivity (Wildman–Crippen MR) is 84.9 cm³/mol. The molecule has 116 valence electrons. The number of carbonyl (C=O) groups excluding carboxylic acids is 1. The Kier molecular flexibility index (Phi) is 5.07. The molecule has 0 radical (unpaired) electrons. The van der Waals surface area contributed by atoms with E-state index in [9.17, 15) is 4.79 Å². The molecule has 1 fully saturated rings. The number of methoxy groups -OCH3 is 1. The predicted octanol–water partition coefficient (Wildman–Crippen LogP) is 2.66. The standard InChI is InChI=1S/C16H25N3O2/c1-11-8-13(9-12(2)15(11)21-3)18-16(20)19-7-5-4-6-14(19)10-17/h8-9,14H,4-7,10,17H2,1-3H3,(H,18,20). The van der Waals surface area contributed by atoms with Gasteiger partial charge in [-0.1, -0.05) is 0 Å². The summed E-state index contributed by atoms with van der Waals surface area (Å²) in [4.78, 5) is 14.3. The molecule has 5 heteroatoms. The Bertz CT molecular complexity index is 493. The lowest BCUT2D eigenvalue weighted by atomic mass is 10.0. The largest absolute Gasteiger partial charge is 0.496 e. The van der Waals surface area contributed by atoms with Gasteiger partial charge in [0.2, 0.25) is 0 Å². The number of hydrogen-bond donors (Lipinski definition) is 2. The summed E-state index contributed by atoms with van der Waals surface area (Å²) in [5.74, 6) is 0.866. The summed E-state index contributed by atoms with van der Waals surface area (Å²) in [7, 11) is 1.66. The van der Waals surface area contributed by atoms with Gasteiger partial charge in [-0.05, 0) is 56.4 Å². The average molecular weight is 291 g/mol. The van der Waals surface area contributed by atoms with Crippen LogP contribution in [-0.2, 0) is 0 Å². The molecule has 5 nitrogen and oxygen atoms in total. The maximum atomic E-state index is 12.4. The summed E-state index contributed by atoms with van der Waals surface area (Å²) in [6.07, 6.45) is 3.18. The van der Waals surface area contributed by atoms with Crippen LogP contribution in [0, 0.1) is 13.8 Å². The van der Waals surface area contributed by atoms with Crippen LogP contribution >= 0.6 is 0 Å². The van der Waals surface area contributed by atoms with Crippen LogP contribution in [0.5, 0.6) is 5.75 Å². The minimum atomic E-state index is -0.0610. The molecule has 1 saturated heterocycles. The van der Waals surface area contributed by atoms with E-state index < -0.39 is 0 Å². The van der Waals surface area contributed by atoms with Gasteiger partial charge in [0.05, 0.1) is 7.11 Å². The Hall–Kier alpha value is -1.75. The van der Waals surface area contributed by atoms with Crippen LogP contribution in [0.4, 0.5) is 10.5 Å². The second-order valence-corrected chi connectivity index (χ2v) is 5.65. The molecule has 1 aromatic rings. The highest BCUT2D eigenvalue weighted by molar-refractivity contribution is 5.90. The highest BCUT2D eigenvalue weighted by Crippen LogP contribution is 2.27.